The van der Waals surface area contributed by atoms with Crippen LogP contribution in [0.1, 0.15) is 69.2 Å². The van der Waals surface area contributed by atoms with Gasteiger partial charge in [0.1, 0.15) is 0 Å². The molecule has 5 nitrogen and oxygen atoms in total. The molecule has 0 bridgehead atoms. The first-order chi connectivity index (χ1) is 12.0. The molecule has 1 aromatic rings. The summed E-state index contributed by atoms with van der Waals surface area (Å²) in [5, 5.41) is 8.61. The normalized spacial score (nSPS) is 13.6. The lowest BCUT2D eigenvalue weighted by molar-refractivity contribution is 0.0951. The summed E-state index contributed by atoms with van der Waals surface area (Å²) in [6.45, 7) is 5.17. The largest absolute Gasteiger partial charge is 0.349 e. The van der Waals surface area contributed by atoms with E-state index in [1.54, 1.807) is 24.3 Å². The second-order valence-electron chi connectivity index (χ2n) is 7.31. The molecule has 0 aromatic heterocycles. The van der Waals surface area contributed by atoms with Gasteiger partial charge in [-0.3, -0.25) is 4.79 Å². The van der Waals surface area contributed by atoms with Gasteiger partial charge in [0.15, 0.2) is 0 Å². The van der Waals surface area contributed by atoms with Crippen LogP contribution in [-0.4, -0.2) is 24.5 Å². The van der Waals surface area contributed by atoms with E-state index in [4.69, 9.17) is 0 Å². The Labute approximate surface area is 151 Å². The van der Waals surface area contributed by atoms with Crippen molar-refractivity contribution >= 4 is 17.6 Å². The predicted molar refractivity (Wildman–Crippen MR) is 102 cm³/mol. The molecule has 0 aliphatic heterocycles. The summed E-state index contributed by atoms with van der Waals surface area (Å²) in [6.07, 6.45) is 8.02. The van der Waals surface area contributed by atoms with Crippen LogP contribution in [0, 0.1) is 5.92 Å². The number of benzene rings is 1. The fourth-order valence-corrected chi connectivity index (χ4v) is 2.64. The third-order valence-electron chi connectivity index (χ3n) is 4.29. The number of carbonyl (C=O) groups is 2. The van der Waals surface area contributed by atoms with Crippen molar-refractivity contribution in [3.63, 3.8) is 0 Å². The SMILES string of the molecule is CC(C)CCCCCCNC(=O)Nc1cccc(C(=O)NC2CC2)c1. The first-order valence-electron chi connectivity index (χ1n) is 9.50. The molecule has 1 aromatic carbocycles. The third-order valence-corrected chi connectivity index (χ3v) is 4.29. The molecule has 0 radical (unpaired) electrons. The van der Waals surface area contributed by atoms with Crippen molar-refractivity contribution in [2.75, 3.05) is 11.9 Å². The summed E-state index contributed by atoms with van der Waals surface area (Å²) < 4.78 is 0. The van der Waals surface area contributed by atoms with Gasteiger partial charge in [0.05, 0.1) is 0 Å². The molecule has 1 fully saturated rings. The van der Waals surface area contributed by atoms with Crippen molar-refractivity contribution in [2.24, 2.45) is 5.92 Å². The first kappa shape index (κ1) is 19.3. The number of unbranched alkanes of at least 4 members (excludes halogenated alkanes) is 3. The van der Waals surface area contributed by atoms with Crippen molar-refractivity contribution in [2.45, 2.75) is 64.8 Å². The average molecular weight is 345 g/mol. The van der Waals surface area contributed by atoms with E-state index in [1.165, 1.54) is 19.3 Å². The highest BCUT2D eigenvalue weighted by atomic mass is 16.2. The van der Waals surface area contributed by atoms with Gasteiger partial charge in [0.25, 0.3) is 5.91 Å². The zero-order valence-electron chi connectivity index (χ0n) is 15.4. The molecule has 3 amide bonds. The van der Waals surface area contributed by atoms with Crippen LogP contribution >= 0.6 is 0 Å². The number of amides is 3. The van der Waals surface area contributed by atoms with Crippen molar-refractivity contribution < 1.29 is 9.59 Å². The number of anilines is 1. The van der Waals surface area contributed by atoms with Gasteiger partial charge in [0, 0.05) is 23.8 Å². The van der Waals surface area contributed by atoms with E-state index in [0.29, 0.717) is 23.8 Å². The molecule has 25 heavy (non-hydrogen) atoms. The van der Waals surface area contributed by atoms with Gasteiger partial charge >= 0.3 is 6.03 Å². The minimum atomic E-state index is -0.220. The number of nitrogens with one attached hydrogen (secondary N) is 3. The number of hydrogen-bond donors (Lipinski definition) is 3. The highest BCUT2D eigenvalue weighted by Crippen LogP contribution is 2.20. The van der Waals surface area contributed by atoms with Gasteiger partial charge < -0.3 is 16.0 Å². The maximum Gasteiger partial charge on any atom is 0.319 e. The molecule has 0 spiro atoms. The van der Waals surface area contributed by atoms with Crippen LogP contribution in [0.2, 0.25) is 0 Å². The molecule has 0 unspecified atom stereocenters. The summed E-state index contributed by atoms with van der Waals surface area (Å²) in [6, 6.07) is 7.15. The molecule has 1 aliphatic rings. The quantitative estimate of drug-likeness (QED) is 0.553. The van der Waals surface area contributed by atoms with Crippen LogP contribution in [0.15, 0.2) is 24.3 Å². The minimum absolute atomic E-state index is 0.0760. The zero-order valence-corrected chi connectivity index (χ0v) is 15.4. The first-order valence-corrected chi connectivity index (χ1v) is 9.50. The Morgan fingerprint density at radius 1 is 1.12 bits per heavy atom. The van der Waals surface area contributed by atoms with E-state index < -0.39 is 0 Å². The zero-order chi connectivity index (χ0) is 18.1. The smallest absolute Gasteiger partial charge is 0.319 e. The molecule has 138 valence electrons. The summed E-state index contributed by atoms with van der Waals surface area (Å²) in [4.78, 5) is 24.0. The van der Waals surface area contributed by atoms with Gasteiger partial charge in [-0.15, -0.1) is 0 Å². The Morgan fingerprint density at radius 3 is 2.60 bits per heavy atom. The van der Waals surface area contributed by atoms with E-state index in [1.807, 2.05) is 0 Å². The number of rotatable bonds is 10. The topological polar surface area (TPSA) is 70.2 Å². The lowest BCUT2D eigenvalue weighted by Gasteiger charge is -2.09. The second-order valence-corrected chi connectivity index (χ2v) is 7.31. The maximum absolute atomic E-state index is 12.0. The molecular weight excluding hydrogens is 314 g/mol. The lowest BCUT2D eigenvalue weighted by atomic mass is 10.0. The van der Waals surface area contributed by atoms with E-state index in [9.17, 15) is 9.59 Å². The van der Waals surface area contributed by atoms with Crippen molar-refractivity contribution in [1.82, 2.24) is 10.6 Å². The van der Waals surface area contributed by atoms with Crippen molar-refractivity contribution in [3.8, 4) is 0 Å². The fourth-order valence-electron chi connectivity index (χ4n) is 2.64. The van der Waals surface area contributed by atoms with Gasteiger partial charge in [0.2, 0.25) is 0 Å². The monoisotopic (exact) mass is 345 g/mol. The molecule has 0 heterocycles. The third kappa shape index (κ3) is 8.05. The molecular formula is C20H31N3O2. The Morgan fingerprint density at radius 2 is 1.88 bits per heavy atom. The van der Waals surface area contributed by atoms with Crippen LogP contribution in [0.4, 0.5) is 10.5 Å². The Balaban J connectivity index is 1.63. The highest BCUT2D eigenvalue weighted by molar-refractivity contribution is 5.97. The number of hydrogen-bond acceptors (Lipinski definition) is 2. The fraction of sp³-hybridized carbons (Fsp3) is 0.600. The van der Waals surface area contributed by atoms with Crippen molar-refractivity contribution in [3.05, 3.63) is 29.8 Å². The maximum atomic E-state index is 12.0. The van der Waals surface area contributed by atoms with Crippen LogP contribution < -0.4 is 16.0 Å². The van der Waals surface area contributed by atoms with Gasteiger partial charge in [-0.1, -0.05) is 45.6 Å². The van der Waals surface area contributed by atoms with E-state index in [2.05, 4.69) is 29.8 Å². The Kier molecular flexibility index (Phi) is 7.76. The minimum Gasteiger partial charge on any atom is -0.349 e. The molecule has 3 N–H and O–H groups in total. The Bertz CT molecular complexity index is 568. The summed E-state index contributed by atoms with van der Waals surface area (Å²) >= 11 is 0. The Hall–Kier alpha value is -2.04. The summed E-state index contributed by atoms with van der Waals surface area (Å²) in [5.41, 5.74) is 1.22. The molecule has 0 saturated heterocycles. The van der Waals surface area contributed by atoms with Crippen LogP contribution in [-0.2, 0) is 0 Å². The lowest BCUT2D eigenvalue weighted by Crippen LogP contribution is -2.30. The van der Waals surface area contributed by atoms with Crippen LogP contribution in [0.25, 0.3) is 0 Å². The van der Waals surface area contributed by atoms with Gasteiger partial charge in [-0.05, 0) is 43.4 Å². The van der Waals surface area contributed by atoms with Crippen LogP contribution in [0.3, 0.4) is 0 Å². The average Bonchev–Trinajstić information content (AvgIpc) is 3.38. The predicted octanol–water partition coefficient (Wildman–Crippen LogP) is 4.31. The van der Waals surface area contributed by atoms with E-state index in [0.717, 1.165) is 31.6 Å². The molecule has 2 rings (SSSR count). The van der Waals surface area contributed by atoms with E-state index in [-0.39, 0.29) is 11.9 Å². The van der Waals surface area contributed by atoms with Crippen LogP contribution in [0.5, 0.6) is 0 Å². The molecule has 1 saturated carbocycles. The molecule has 0 atom stereocenters. The van der Waals surface area contributed by atoms with Crippen molar-refractivity contribution in [1.29, 1.82) is 0 Å². The van der Waals surface area contributed by atoms with Gasteiger partial charge in [-0.25, -0.2) is 4.79 Å². The van der Waals surface area contributed by atoms with E-state index >= 15 is 0 Å². The second kappa shape index (κ2) is 10.1. The number of carbonyl (C=O) groups excluding carboxylic acids is 2. The number of urea groups is 1. The molecule has 1 aliphatic carbocycles. The van der Waals surface area contributed by atoms with Gasteiger partial charge in [-0.2, -0.15) is 0 Å². The summed E-state index contributed by atoms with van der Waals surface area (Å²) in [7, 11) is 0. The summed E-state index contributed by atoms with van der Waals surface area (Å²) in [5.74, 6) is 0.693. The standard InChI is InChI=1S/C20H31N3O2/c1-15(2)8-5-3-4-6-13-21-20(25)23-18-10-7-9-16(14-18)19(24)22-17-11-12-17/h7,9-10,14-15,17H,3-6,8,11-13H2,1-2H3,(H,22,24)(H2,21,23,25). The molecule has 5 heteroatoms. The highest BCUT2D eigenvalue weighted by Gasteiger charge is 2.23.